The molecule has 0 bridgehead atoms. The molecule has 1 saturated heterocycles. The van der Waals surface area contributed by atoms with Gasteiger partial charge in [0.1, 0.15) is 5.75 Å². The number of aromatic hydroxyl groups is 1. The standard InChI is InChI=1S/C10H12N2O.C4H7N3O.H2O4S/c11-4-3-7-6-12-10-2-1-8(13)5-9(7)10;1-7-2-3(8)6-4(7)5;1-5(2,3)4/h1-2,5-6,12-13H,3-4,11H2;2H2,1H3,(H2,5,6,8);(H2,1,2,3,4)/i4+2;;. The van der Waals surface area contributed by atoms with Crippen LogP contribution in [0, 0.1) is 5.41 Å². The number of hydrogen-bond acceptors (Lipinski definition) is 6. The van der Waals surface area contributed by atoms with Crippen LogP contribution in [0.5, 0.6) is 5.75 Å². The summed E-state index contributed by atoms with van der Waals surface area (Å²) >= 11 is 0. The van der Waals surface area contributed by atoms with Crippen LogP contribution in [0.1, 0.15) is 5.56 Å². The zero-order valence-corrected chi connectivity index (χ0v) is 14.7. The molecule has 0 radical (unpaired) electrons. The molecule has 1 aromatic heterocycles. The van der Waals surface area contributed by atoms with Crippen molar-refractivity contribution in [3.63, 3.8) is 0 Å². The summed E-state index contributed by atoms with van der Waals surface area (Å²) in [5.74, 6) is 0.387. The number of amides is 1. The molecule has 1 aliphatic heterocycles. The fraction of sp³-hybridized carbons (Fsp3) is 0.286. The van der Waals surface area contributed by atoms with E-state index in [-0.39, 0.29) is 11.9 Å². The molecule has 0 atom stereocenters. The molecule has 2 aromatic rings. The van der Waals surface area contributed by atoms with E-state index in [1.807, 2.05) is 12.3 Å². The van der Waals surface area contributed by atoms with E-state index in [1.165, 1.54) is 0 Å². The molecule has 1 fully saturated rings. The number of nitrogens with two attached hydrogens (primary N) is 1. The van der Waals surface area contributed by atoms with E-state index < -0.39 is 10.4 Å². The Kier molecular flexibility index (Phi) is 7.52. The van der Waals surface area contributed by atoms with Crippen molar-refractivity contribution in [2.75, 3.05) is 20.1 Å². The fourth-order valence-electron chi connectivity index (χ4n) is 2.09. The van der Waals surface area contributed by atoms with Crippen molar-refractivity contribution in [1.29, 1.82) is 5.41 Å². The summed E-state index contributed by atoms with van der Waals surface area (Å²) in [5.41, 5.74) is 7.68. The molecule has 12 heteroatoms. The second-order valence-electron chi connectivity index (χ2n) is 5.28. The van der Waals surface area contributed by atoms with Crippen LogP contribution in [-0.4, -0.2) is 64.5 Å². The summed E-state index contributed by atoms with van der Waals surface area (Å²) in [6, 6.07) is 5.30. The largest absolute Gasteiger partial charge is 0.508 e. The highest BCUT2D eigenvalue weighted by Gasteiger charge is 2.18. The van der Waals surface area contributed by atoms with Crippen molar-refractivity contribution in [1.82, 2.24) is 15.2 Å². The van der Waals surface area contributed by atoms with Gasteiger partial charge in [-0.2, -0.15) is 8.42 Å². The lowest BCUT2D eigenvalue weighted by Gasteiger charge is -2.03. The van der Waals surface area contributed by atoms with Crippen LogP contribution in [-0.2, 0) is 21.6 Å². The lowest BCUT2D eigenvalue weighted by Crippen LogP contribution is -2.25. The molecule has 1 amide bonds. The number of likely N-dealkylation sites (N-methyl/N-ethyl adjacent to an activating group) is 1. The van der Waals surface area contributed by atoms with Gasteiger partial charge in [0.2, 0.25) is 5.91 Å². The highest BCUT2D eigenvalue weighted by atomic mass is 32.3. The van der Waals surface area contributed by atoms with Gasteiger partial charge < -0.3 is 20.7 Å². The summed E-state index contributed by atoms with van der Waals surface area (Å²) in [6.45, 7) is 0.946. The van der Waals surface area contributed by atoms with Gasteiger partial charge in [-0.1, -0.05) is 0 Å². The number of hydrogen-bond donors (Lipinski definition) is 7. The topological polar surface area (TPSA) is 193 Å². The predicted octanol–water partition coefficient (Wildman–Crippen LogP) is -0.295. The second-order valence-corrected chi connectivity index (χ2v) is 6.18. The maximum Gasteiger partial charge on any atom is 0.394 e. The zero-order chi connectivity index (χ0) is 19.9. The first-order valence-electron chi connectivity index (χ1n) is 7.29. The Bertz CT molecular complexity index is 871. The molecule has 0 spiro atoms. The van der Waals surface area contributed by atoms with E-state index in [4.69, 9.17) is 28.7 Å². The van der Waals surface area contributed by atoms with Gasteiger partial charge >= 0.3 is 10.4 Å². The molecular formula is C14H21N5O6S. The first kappa shape index (κ1) is 21.4. The number of carbonyl (C=O) groups excluding carboxylic acids is 1. The average Bonchev–Trinajstić information content (AvgIpc) is 3.01. The number of aromatic nitrogens is 1. The Morgan fingerprint density at radius 2 is 2.00 bits per heavy atom. The molecule has 144 valence electrons. The minimum absolute atomic E-state index is 0.0995. The lowest BCUT2D eigenvalue weighted by atomic mass is 10.2. The van der Waals surface area contributed by atoms with Crippen LogP contribution in [0.15, 0.2) is 24.4 Å². The second kappa shape index (κ2) is 9.15. The molecule has 11 nitrogen and oxygen atoms in total. The third-order valence-corrected chi connectivity index (χ3v) is 3.19. The Morgan fingerprint density at radius 3 is 2.42 bits per heavy atom. The van der Waals surface area contributed by atoms with Gasteiger partial charge in [0.15, 0.2) is 5.96 Å². The van der Waals surface area contributed by atoms with Crippen LogP contribution in [0.3, 0.4) is 0 Å². The predicted molar refractivity (Wildman–Crippen MR) is 95.4 cm³/mol. The summed E-state index contributed by atoms with van der Waals surface area (Å²) in [5, 5.41) is 19.7. The molecule has 3 rings (SSSR count). The van der Waals surface area contributed by atoms with Crippen LogP contribution in [0.4, 0.5) is 0 Å². The molecule has 26 heavy (non-hydrogen) atoms. The van der Waals surface area contributed by atoms with Gasteiger partial charge in [-0.25, -0.2) is 0 Å². The van der Waals surface area contributed by atoms with E-state index in [0.717, 1.165) is 22.9 Å². The van der Waals surface area contributed by atoms with Crippen molar-refractivity contribution in [3.05, 3.63) is 30.0 Å². The quantitative estimate of drug-likeness (QED) is 0.340. The third-order valence-electron chi connectivity index (χ3n) is 3.19. The van der Waals surface area contributed by atoms with E-state index >= 15 is 0 Å². The van der Waals surface area contributed by atoms with E-state index in [2.05, 4.69) is 10.3 Å². The number of phenols is 1. The van der Waals surface area contributed by atoms with Gasteiger partial charge in [0, 0.05) is 24.1 Å². The molecule has 1 aliphatic rings. The number of benzene rings is 1. The molecule has 0 unspecified atom stereocenters. The van der Waals surface area contributed by atoms with E-state index in [1.54, 1.807) is 24.1 Å². The Hall–Kier alpha value is -2.67. The average molecular weight is 389 g/mol. The lowest BCUT2D eigenvalue weighted by molar-refractivity contribution is -0.118. The number of carbonyl (C=O) groups is 1. The summed E-state index contributed by atoms with van der Waals surface area (Å²) in [4.78, 5) is 15.0. The highest BCUT2D eigenvalue weighted by molar-refractivity contribution is 7.79. The molecule has 0 saturated carbocycles. The van der Waals surface area contributed by atoms with Crippen molar-refractivity contribution in [2.45, 2.75) is 6.42 Å². The minimum Gasteiger partial charge on any atom is -0.508 e. The normalized spacial score (nSPS) is 13.6. The van der Waals surface area contributed by atoms with Gasteiger partial charge in [0.05, 0.1) is 6.54 Å². The van der Waals surface area contributed by atoms with Gasteiger partial charge in [-0.15, -0.1) is 0 Å². The van der Waals surface area contributed by atoms with Crippen molar-refractivity contribution < 1.29 is 27.4 Å². The van der Waals surface area contributed by atoms with E-state index in [0.29, 0.717) is 18.8 Å². The Balaban J connectivity index is 0.000000223. The fourth-order valence-corrected chi connectivity index (χ4v) is 2.09. The number of guanidine groups is 1. The highest BCUT2D eigenvalue weighted by Crippen LogP contribution is 2.22. The number of nitrogens with one attached hydrogen (secondary N) is 3. The number of aromatic amines is 1. The SMILES string of the molecule is CN1CC(=O)NC1=N.N[14CH2]Cc1c[nH]c2ccc(O)cc12.O=S(=O)(O)O. The summed E-state index contributed by atoms with van der Waals surface area (Å²) in [6.07, 6.45) is 2.78. The zero-order valence-electron chi connectivity index (χ0n) is 13.9. The summed E-state index contributed by atoms with van der Waals surface area (Å²) in [7, 11) is -2.97. The Labute approximate surface area is 149 Å². The van der Waals surface area contributed by atoms with Crippen LogP contribution >= 0.6 is 0 Å². The number of fused-ring (bicyclic) bond motifs is 1. The van der Waals surface area contributed by atoms with Crippen LogP contribution in [0.25, 0.3) is 10.9 Å². The smallest absolute Gasteiger partial charge is 0.394 e. The number of phenolic OH excluding ortho intramolecular Hbond substituents is 1. The number of H-pyrrole nitrogens is 1. The van der Waals surface area contributed by atoms with Gasteiger partial charge in [-0.3, -0.25) is 24.6 Å². The van der Waals surface area contributed by atoms with Gasteiger partial charge in [0.25, 0.3) is 0 Å². The molecular weight excluding hydrogens is 368 g/mol. The third kappa shape index (κ3) is 7.48. The molecule has 0 aliphatic carbocycles. The van der Waals surface area contributed by atoms with Gasteiger partial charge in [-0.05, 0) is 36.7 Å². The van der Waals surface area contributed by atoms with Crippen molar-refractivity contribution in [3.8, 4) is 5.75 Å². The number of rotatable bonds is 2. The molecule has 8 N–H and O–H groups in total. The summed E-state index contributed by atoms with van der Waals surface area (Å²) < 4.78 is 31.6. The Morgan fingerprint density at radius 1 is 1.38 bits per heavy atom. The van der Waals surface area contributed by atoms with Crippen molar-refractivity contribution in [2.24, 2.45) is 5.73 Å². The first-order valence-corrected chi connectivity index (χ1v) is 8.69. The van der Waals surface area contributed by atoms with Crippen molar-refractivity contribution >= 4 is 33.2 Å². The maximum absolute atomic E-state index is 10.4. The van der Waals surface area contributed by atoms with E-state index in [9.17, 15) is 9.90 Å². The monoisotopic (exact) mass is 389 g/mol. The minimum atomic E-state index is -4.67. The van der Waals surface area contributed by atoms with Crippen LogP contribution < -0.4 is 11.1 Å². The van der Waals surface area contributed by atoms with Crippen LogP contribution in [0.2, 0.25) is 0 Å². The first-order chi connectivity index (χ1) is 12.0. The maximum atomic E-state index is 10.4. The molecule has 1 aromatic carbocycles. The number of nitrogens with zero attached hydrogens (tertiary/aromatic N) is 1. The molecule has 2 heterocycles.